The Bertz CT molecular complexity index is 375. The van der Waals surface area contributed by atoms with Gasteiger partial charge in [0.05, 0.1) is 11.8 Å². The summed E-state index contributed by atoms with van der Waals surface area (Å²) in [6.07, 6.45) is -0.838. The zero-order valence-corrected chi connectivity index (χ0v) is 8.00. The first kappa shape index (κ1) is 11.6. The molecule has 0 aliphatic rings. The van der Waals surface area contributed by atoms with Crippen molar-refractivity contribution in [3.8, 4) is 0 Å². The van der Waals surface area contributed by atoms with Gasteiger partial charge in [-0.05, 0) is 6.07 Å². The second-order valence-electron chi connectivity index (χ2n) is 3.01. The summed E-state index contributed by atoms with van der Waals surface area (Å²) < 4.78 is 0. The molecule has 5 heteroatoms. The molecule has 0 radical (unpaired) electrons. The number of carbonyl (C=O) groups excluding carboxylic acids is 1. The Morgan fingerprint density at radius 2 is 2.07 bits per heavy atom. The number of hydrogen-bond acceptors (Lipinski definition) is 5. The lowest BCUT2D eigenvalue weighted by Gasteiger charge is -2.17. The monoisotopic (exact) mass is 208 g/mol. The van der Waals surface area contributed by atoms with Gasteiger partial charge in [-0.2, -0.15) is 4.99 Å². The molecule has 0 amide bonds. The Kier molecular flexibility index (Phi) is 4.15. The van der Waals surface area contributed by atoms with E-state index < -0.39 is 12.2 Å². The molecule has 0 saturated carbocycles. The number of para-hydroxylation sites is 1. The van der Waals surface area contributed by atoms with Gasteiger partial charge in [0.25, 0.3) is 0 Å². The summed E-state index contributed by atoms with van der Waals surface area (Å²) in [6, 6.07) is 6.46. The fraction of sp³-hybridized carbons (Fsp3) is 0.300. The molecule has 15 heavy (non-hydrogen) atoms. The molecule has 5 nitrogen and oxygen atoms in total. The lowest BCUT2D eigenvalue weighted by molar-refractivity contribution is 0.0247. The van der Waals surface area contributed by atoms with Gasteiger partial charge in [-0.1, -0.05) is 18.2 Å². The highest BCUT2D eigenvalue weighted by Gasteiger charge is 2.19. The van der Waals surface area contributed by atoms with Crippen LogP contribution in [0.15, 0.2) is 29.3 Å². The highest BCUT2D eigenvalue weighted by atomic mass is 16.3. The number of isocyanates is 1. The van der Waals surface area contributed by atoms with Crippen LogP contribution in [0.2, 0.25) is 0 Å². The first-order chi connectivity index (χ1) is 7.20. The van der Waals surface area contributed by atoms with E-state index in [-0.39, 0.29) is 12.2 Å². The number of rotatable bonds is 4. The van der Waals surface area contributed by atoms with Crippen LogP contribution in [0.1, 0.15) is 11.7 Å². The second kappa shape index (κ2) is 5.38. The minimum absolute atomic E-state index is 0.0691. The van der Waals surface area contributed by atoms with Crippen LogP contribution in [0.3, 0.4) is 0 Å². The molecule has 0 fully saturated rings. The largest absolute Gasteiger partial charge is 0.389 e. The molecule has 1 rings (SSSR count). The zero-order valence-electron chi connectivity index (χ0n) is 8.00. The lowest BCUT2D eigenvalue weighted by Crippen LogP contribution is -2.27. The quantitative estimate of drug-likeness (QED) is 0.479. The Hall–Kier alpha value is -1.52. The fourth-order valence-corrected chi connectivity index (χ4v) is 1.22. The molecule has 1 aromatic carbocycles. The zero-order chi connectivity index (χ0) is 11.3. The summed E-state index contributed by atoms with van der Waals surface area (Å²) >= 11 is 0. The van der Waals surface area contributed by atoms with Gasteiger partial charge in [-0.15, -0.1) is 0 Å². The first-order valence-electron chi connectivity index (χ1n) is 4.43. The van der Waals surface area contributed by atoms with E-state index in [0.717, 1.165) is 0 Å². The van der Waals surface area contributed by atoms with Gasteiger partial charge >= 0.3 is 0 Å². The highest BCUT2D eigenvalue weighted by Crippen LogP contribution is 2.26. The highest BCUT2D eigenvalue weighted by molar-refractivity contribution is 5.54. The van der Waals surface area contributed by atoms with E-state index in [2.05, 4.69) is 4.99 Å². The molecule has 0 spiro atoms. The Labute approximate surface area is 86.9 Å². The summed E-state index contributed by atoms with van der Waals surface area (Å²) in [6.45, 7) is -0.0691. The number of aliphatic imine (C=N–C) groups is 1. The molecule has 80 valence electrons. The van der Waals surface area contributed by atoms with Crippen molar-refractivity contribution in [1.29, 1.82) is 0 Å². The third kappa shape index (κ3) is 2.71. The average molecular weight is 208 g/mol. The molecule has 0 aromatic heterocycles. The lowest BCUT2D eigenvalue weighted by atomic mass is 10.0. The molecule has 4 N–H and O–H groups in total. The van der Waals surface area contributed by atoms with Crippen molar-refractivity contribution in [2.45, 2.75) is 12.2 Å². The molecule has 0 heterocycles. The van der Waals surface area contributed by atoms with Crippen molar-refractivity contribution in [3.63, 3.8) is 0 Å². The van der Waals surface area contributed by atoms with Gasteiger partial charge < -0.3 is 15.9 Å². The molecular weight excluding hydrogens is 196 g/mol. The summed E-state index contributed by atoms with van der Waals surface area (Å²) in [5.41, 5.74) is 5.86. The number of benzene rings is 1. The summed E-state index contributed by atoms with van der Waals surface area (Å²) in [5, 5.41) is 19.0. The topological polar surface area (TPSA) is 95.9 Å². The molecule has 2 unspecified atom stereocenters. The maximum Gasteiger partial charge on any atom is 0.240 e. The van der Waals surface area contributed by atoms with Crippen molar-refractivity contribution in [2.24, 2.45) is 10.7 Å². The third-order valence-corrected chi connectivity index (χ3v) is 2.03. The number of nitrogens with two attached hydrogens (primary N) is 1. The van der Waals surface area contributed by atoms with Crippen LogP contribution in [0, 0.1) is 0 Å². The van der Waals surface area contributed by atoms with Crippen molar-refractivity contribution >= 4 is 11.8 Å². The number of hydrogen-bond donors (Lipinski definition) is 3. The fourth-order valence-electron chi connectivity index (χ4n) is 1.22. The van der Waals surface area contributed by atoms with Crippen molar-refractivity contribution < 1.29 is 15.0 Å². The summed E-state index contributed by atoms with van der Waals surface area (Å²) in [4.78, 5) is 13.6. The minimum atomic E-state index is -1.15. The number of aliphatic hydroxyl groups is 2. The van der Waals surface area contributed by atoms with Crippen LogP contribution in [-0.2, 0) is 4.79 Å². The molecule has 0 aliphatic heterocycles. The molecule has 0 bridgehead atoms. The average Bonchev–Trinajstić information content (AvgIpc) is 2.28. The predicted octanol–water partition coefficient (Wildman–Crippen LogP) is 0.00690. The standard InChI is InChI=1S/C10H12N2O3/c11-5-9(14)10(15)7-3-1-2-4-8(7)12-6-13/h1-4,9-10,14-15H,5,11H2. The van der Waals surface area contributed by atoms with Crippen LogP contribution in [0.5, 0.6) is 0 Å². The van der Waals surface area contributed by atoms with Gasteiger partial charge in [0.1, 0.15) is 6.10 Å². The SMILES string of the molecule is NCC(O)C(O)c1ccccc1N=C=O. The van der Waals surface area contributed by atoms with Crippen molar-refractivity contribution in [1.82, 2.24) is 0 Å². The molecule has 1 aromatic rings. The Balaban J connectivity index is 3.07. The van der Waals surface area contributed by atoms with E-state index in [9.17, 15) is 15.0 Å². The van der Waals surface area contributed by atoms with Crippen LogP contribution in [-0.4, -0.2) is 28.9 Å². The maximum atomic E-state index is 10.1. The predicted molar refractivity (Wildman–Crippen MR) is 54.2 cm³/mol. The van der Waals surface area contributed by atoms with Gasteiger partial charge in [-0.25, -0.2) is 4.79 Å². The van der Waals surface area contributed by atoms with E-state index in [1.807, 2.05) is 0 Å². The summed E-state index contributed by atoms with van der Waals surface area (Å²) in [7, 11) is 0. The van der Waals surface area contributed by atoms with Crippen LogP contribution in [0.25, 0.3) is 0 Å². The van der Waals surface area contributed by atoms with Crippen LogP contribution < -0.4 is 5.73 Å². The second-order valence-corrected chi connectivity index (χ2v) is 3.01. The van der Waals surface area contributed by atoms with Gasteiger partial charge in [0, 0.05) is 12.1 Å². The Morgan fingerprint density at radius 1 is 1.40 bits per heavy atom. The van der Waals surface area contributed by atoms with E-state index in [1.54, 1.807) is 24.3 Å². The van der Waals surface area contributed by atoms with Gasteiger partial charge in [-0.3, -0.25) is 0 Å². The van der Waals surface area contributed by atoms with E-state index in [0.29, 0.717) is 5.56 Å². The molecule has 2 atom stereocenters. The Morgan fingerprint density at radius 3 is 2.67 bits per heavy atom. The molecule has 0 saturated heterocycles. The molecular formula is C10H12N2O3. The van der Waals surface area contributed by atoms with Crippen LogP contribution >= 0.6 is 0 Å². The van der Waals surface area contributed by atoms with Crippen LogP contribution in [0.4, 0.5) is 5.69 Å². The van der Waals surface area contributed by atoms with Crippen molar-refractivity contribution in [2.75, 3.05) is 6.54 Å². The summed E-state index contributed by atoms with van der Waals surface area (Å²) in [5.74, 6) is 0. The van der Waals surface area contributed by atoms with E-state index in [1.165, 1.54) is 6.08 Å². The normalized spacial score (nSPS) is 14.1. The smallest absolute Gasteiger partial charge is 0.240 e. The van der Waals surface area contributed by atoms with Gasteiger partial charge in [0.15, 0.2) is 0 Å². The van der Waals surface area contributed by atoms with E-state index in [4.69, 9.17) is 5.73 Å². The number of aliphatic hydroxyl groups excluding tert-OH is 2. The number of nitrogens with zero attached hydrogens (tertiary/aromatic N) is 1. The first-order valence-corrected chi connectivity index (χ1v) is 4.43. The third-order valence-electron chi connectivity index (χ3n) is 2.03. The maximum absolute atomic E-state index is 10.1. The minimum Gasteiger partial charge on any atom is -0.389 e. The van der Waals surface area contributed by atoms with E-state index >= 15 is 0 Å². The van der Waals surface area contributed by atoms with Gasteiger partial charge in [0.2, 0.25) is 6.08 Å². The van der Waals surface area contributed by atoms with Crippen molar-refractivity contribution in [3.05, 3.63) is 29.8 Å². The molecule has 0 aliphatic carbocycles.